The lowest BCUT2D eigenvalue weighted by molar-refractivity contribution is -0.110. The Kier molecular flexibility index (Phi) is 6.95. The molecule has 1 aliphatic rings. The van der Waals surface area contributed by atoms with E-state index >= 15 is 0 Å². The van der Waals surface area contributed by atoms with Crippen LogP contribution >= 0.6 is 0 Å². The molecule has 7 heteroatoms. The van der Waals surface area contributed by atoms with Crippen LogP contribution in [-0.2, 0) is 9.47 Å². The van der Waals surface area contributed by atoms with Crippen LogP contribution in [0.15, 0.2) is 36.5 Å². The SMILES string of the molecule is COC(CN(C)C(=O)c1cnc(C2CCCC2)nc1Oc1ccccc1)OC. The second kappa shape index (κ2) is 9.61. The smallest absolute Gasteiger partial charge is 0.260 e. The quantitative estimate of drug-likeness (QED) is 0.646. The van der Waals surface area contributed by atoms with Gasteiger partial charge in [0.1, 0.15) is 17.1 Å². The van der Waals surface area contributed by atoms with E-state index in [0.29, 0.717) is 17.2 Å². The number of likely N-dealkylation sites (N-methyl/N-ethyl adjacent to an activating group) is 1. The minimum Gasteiger partial charge on any atom is -0.438 e. The summed E-state index contributed by atoms with van der Waals surface area (Å²) < 4.78 is 16.4. The number of carbonyl (C=O) groups excluding carboxylic acids is 1. The highest BCUT2D eigenvalue weighted by Crippen LogP contribution is 2.34. The molecule has 0 atom stereocenters. The number of benzene rings is 1. The van der Waals surface area contributed by atoms with Gasteiger partial charge in [-0.15, -0.1) is 0 Å². The van der Waals surface area contributed by atoms with E-state index in [0.717, 1.165) is 18.7 Å². The van der Waals surface area contributed by atoms with Crippen LogP contribution in [0.2, 0.25) is 0 Å². The zero-order valence-corrected chi connectivity index (χ0v) is 16.6. The molecule has 0 spiro atoms. The highest BCUT2D eigenvalue weighted by atomic mass is 16.7. The first-order valence-corrected chi connectivity index (χ1v) is 9.53. The minimum absolute atomic E-state index is 0.247. The predicted molar refractivity (Wildman–Crippen MR) is 105 cm³/mol. The second-order valence-electron chi connectivity index (χ2n) is 6.93. The third-order valence-corrected chi connectivity index (χ3v) is 4.98. The van der Waals surface area contributed by atoms with Gasteiger partial charge in [-0.25, -0.2) is 4.98 Å². The summed E-state index contributed by atoms with van der Waals surface area (Å²) in [6.07, 6.45) is 5.57. The van der Waals surface area contributed by atoms with Gasteiger partial charge in [0.2, 0.25) is 5.88 Å². The van der Waals surface area contributed by atoms with Gasteiger partial charge < -0.3 is 19.1 Å². The number of carbonyl (C=O) groups is 1. The summed E-state index contributed by atoms with van der Waals surface area (Å²) in [5.41, 5.74) is 0.319. The molecule has 0 saturated heterocycles. The Morgan fingerprint density at radius 1 is 1.18 bits per heavy atom. The van der Waals surface area contributed by atoms with Gasteiger partial charge in [0.15, 0.2) is 6.29 Å². The summed E-state index contributed by atoms with van der Waals surface area (Å²) in [6.45, 7) is 0.279. The summed E-state index contributed by atoms with van der Waals surface area (Å²) in [5.74, 6) is 1.73. The molecule has 0 bridgehead atoms. The zero-order valence-electron chi connectivity index (χ0n) is 16.6. The fourth-order valence-electron chi connectivity index (χ4n) is 3.34. The lowest BCUT2D eigenvalue weighted by Crippen LogP contribution is -2.36. The fourth-order valence-corrected chi connectivity index (χ4v) is 3.34. The number of amides is 1. The van der Waals surface area contributed by atoms with Gasteiger partial charge in [-0.2, -0.15) is 4.98 Å². The molecule has 0 unspecified atom stereocenters. The lowest BCUT2D eigenvalue weighted by atomic mass is 10.1. The van der Waals surface area contributed by atoms with Crippen LogP contribution in [0.5, 0.6) is 11.6 Å². The standard InChI is InChI=1S/C21H27N3O4/c1-24(14-18(26-2)27-3)21(25)17-13-22-19(15-9-7-8-10-15)23-20(17)28-16-11-5-4-6-12-16/h4-6,11-13,15,18H,7-10,14H2,1-3H3. The number of nitrogens with zero attached hydrogens (tertiary/aromatic N) is 3. The number of methoxy groups -OCH3 is 2. The molecule has 1 aliphatic carbocycles. The van der Waals surface area contributed by atoms with Crippen molar-refractivity contribution in [3.05, 3.63) is 47.9 Å². The first-order chi connectivity index (χ1) is 13.6. The maximum atomic E-state index is 13.0. The maximum Gasteiger partial charge on any atom is 0.260 e. The lowest BCUT2D eigenvalue weighted by Gasteiger charge is -2.23. The maximum absolute atomic E-state index is 13.0. The number of para-hydroxylation sites is 1. The van der Waals surface area contributed by atoms with Crippen molar-refractivity contribution in [2.24, 2.45) is 0 Å². The molecule has 2 aromatic rings. The summed E-state index contributed by atoms with van der Waals surface area (Å²) in [5, 5.41) is 0. The van der Waals surface area contributed by atoms with Gasteiger partial charge in [0.25, 0.3) is 5.91 Å². The number of aromatic nitrogens is 2. The van der Waals surface area contributed by atoms with Gasteiger partial charge in [-0.1, -0.05) is 31.0 Å². The normalized spacial score (nSPS) is 14.4. The first-order valence-electron chi connectivity index (χ1n) is 9.53. The van der Waals surface area contributed by atoms with Crippen LogP contribution in [0.3, 0.4) is 0 Å². The molecule has 1 amide bonds. The van der Waals surface area contributed by atoms with E-state index in [2.05, 4.69) is 9.97 Å². The molecular weight excluding hydrogens is 358 g/mol. The van der Waals surface area contributed by atoms with Crippen molar-refractivity contribution >= 4 is 5.91 Å². The first kappa shape index (κ1) is 20.2. The summed E-state index contributed by atoms with van der Waals surface area (Å²) in [6, 6.07) is 9.34. The second-order valence-corrected chi connectivity index (χ2v) is 6.93. The highest BCUT2D eigenvalue weighted by molar-refractivity contribution is 5.96. The van der Waals surface area contributed by atoms with Crippen molar-refractivity contribution in [1.29, 1.82) is 0 Å². The predicted octanol–water partition coefficient (Wildman–Crippen LogP) is 3.62. The van der Waals surface area contributed by atoms with Gasteiger partial charge >= 0.3 is 0 Å². The molecule has 3 rings (SSSR count). The summed E-state index contributed by atoms with van der Waals surface area (Å²) in [7, 11) is 4.76. The van der Waals surface area contributed by atoms with Gasteiger partial charge in [-0.3, -0.25) is 4.79 Å². The molecule has 1 fully saturated rings. The van der Waals surface area contributed by atoms with Gasteiger partial charge in [0, 0.05) is 33.4 Å². The fraction of sp³-hybridized carbons (Fsp3) is 0.476. The average Bonchev–Trinajstić information content (AvgIpc) is 3.27. The van der Waals surface area contributed by atoms with Crippen LogP contribution in [0.25, 0.3) is 0 Å². The molecule has 1 heterocycles. The Bertz CT molecular complexity index is 774. The van der Waals surface area contributed by atoms with Crippen molar-refractivity contribution in [3.63, 3.8) is 0 Å². The van der Waals surface area contributed by atoms with E-state index in [1.807, 2.05) is 30.3 Å². The van der Waals surface area contributed by atoms with Gasteiger partial charge in [0.05, 0.1) is 6.54 Å². The Morgan fingerprint density at radius 3 is 2.50 bits per heavy atom. The van der Waals surface area contributed by atoms with Crippen molar-refractivity contribution in [3.8, 4) is 11.6 Å². The van der Waals surface area contributed by atoms with Crippen LogP contribution in [0, 0.1) is 0 Å². The van der Waals surface area contributed by atoms with Crippen LogP contribution < -0.4 is 4.74 Å². The van der Waals surface area contributed by atoms with Gasteiger partial charge in [-0.05, 0) is 25.0 Å². The number of hydrogen-bond donors (Lipinski definition) is 0. The Morgan fingerprint density at radius 2 is 1.86 bits per heavy atom. The average molecular weight is 385 g/mol. The molecule has 150 valence electrons. The molecule has 7 nitrogen and oxygen atoms in total. The largest absolute Gasteiger partial charge is 0.438 e. The van der Waals surface area contributed by atoms with E-state index in [9.17, 15) is 4.79 Å². The van der Waals surface area contributed by atoms with Crippen molar-refractivity contribution in [2.45, 2.75) is 37.9 Å². The molecule has 28 heavy (non-hydrogen) atoms. The third-order valence-electron chi connectivity index (χ3n) is 4.98. The Hall–Kier alpha value is -2.51. The van der Waals surface area contributed by atoms with Crippen molar-refractivity contribution < 1.29 is 19.0 Å². The van der Waals surface area contributed by atoms with Crippen LogP contribution in [0.1, 0.15) is 47.8 Å². The van der Waals surface area contributed by atoms with Crippen molar-refractivity contribution in [2.75, 3.05) is 27.8 Å². The van der Waals surface area contributed by atoms with E-state index in [4.69, 9.17) is 14.2 Å². The number of ether oxygens (including phenoxy) is 3. The topological polar surface area (TPSA) is 73.8 Å². The van der Waals surface area contributed by atoms with Crippen LogP contribution in [0.4, 0.5) is 0 Å². The zero-order chi connectivity index (χ0) is 19.9. The Balaban J connectivity index is 1.88. The number of hydrogen-bond acceptors (Lipinski definition) is 6. The molecule has 0 aliphatic heterocycles. The molecular formula is C21H27N3O4. The minimum atomic E-state index is -0.508. The van der Waals surface area contributed by atoms with E-state index in [-0.39, 0.29) is 18.3 Å². The van der Waals surface area contributed by atoms with E-state index in [1.54, 1.807) is 13.2 Å². The number of rotatable bonds is 8. The molecule has 0 radical (unpaired) electrons. The van der Waals surface area contributed by atoms with E-state index in [1.165, 1.54) is 32.0 Å². The molecule has 1 saturated carbocycles. The summed E-state index contributed by atoms with van der Waals surface area (Å²) >= 11 is 0. The van der Waals surface area contributed by atoms with Crippen molar-refractivity contribution in [1.82, 2.24) is 14.9 Å². The Labute approximate surface area is 165 Å². The monoisotopic (exact) mass is 385 g/mol. The third kappa shape index (κ3) is 4.85. The summed E-state index contributed by atoms with van der Waals surface area (Å²) in [4.78, 5) is 23.6. The molecule has 1 aromatic carbocycles. The molecule has 1 aromatic heterocycles. The highest BCUT2D eigenvalue weighted by Gasteiger charge is 2.26. The molecule has 0 N–H and O–H groups in total. The van der Waals surface area contributed by atoms with Crippen LogP contribution in [-0.4, -0.2) is 54.9 Å². The van der Waals surface area contributed by atoms with E-state index < -0.39 is 6.29 Å².